The number of aryl methyl sites for hydroxylation is 1. The molecule has 0 bridgehead atoms. The molecule has 4 aromatic rings. The number of rotatable bonds is 2. The Kier molecular flexibility index (Phi) is 4.26. The van der Waals surface area contributed by atoms with Crippen molar-refractivity contribution >= 4 is 16.6 Å². The van der Waals surface area contributed by atoms with Gasteiger partial charge < -0.3 is 4.57 Å². The second-order valence-corrected chi connectivity index (χ2v) is 8.48. The van der Waals surface area contributed by atoms with Crippen molar-refractivity contribution in [2.45, 2.75) is 46.1 Å². The van der Waals surface area contributed by atoms with E-state index in [0.717, 1.165) is 34.4 Å². The molecule has 3 atom stereocenters. The molecular weight excluding hydrogens is 360 g/mol. The summed E-state index contributed by atoms with van der Waals surface area (Å²) in [5.74, 6) is 1.13. The molecule has 5 nitrogen and oxygen atoms in total. The summed E-state index contributed by atoms with van der Waals surface area (Å²) < 4.78 is 3.76. The van der Waals surface area contributed by atoms with Crippen molar-refractivity contribution in [1.82, 2.24) is 19.2 Å². The van der Waals surface area contributed by atoms with Crippen LogP contribution in [0.5, 0.6) is 0 Å². The third-order valence-corrected chi connectivity index (χ3v) is 6.80. The minimum atomic E-state index is 0.0391. The molecule has 0 aliphatic heterocycles. The maximum Gasteiger partial charge on any atom is 0.261 e. The number of aromatic nitrogens is 4. The first kappa shape index (κ1) is 18.1. The highest BCUT2D eigenvalue weighted by Crippen LogP contribution is 2.37. The summed E-state index contributed by atoms with van der Waals surface area (Å²) in [6.45, 7) is 6.57. The van der Waals surface area contributed by atoms with Crippen LogP contribution in [0.3, 0.4) is 0 Å². The lowest BCUT2D eigenvalue weighted by Gasteiger charge is -2.35. The van der Waals surface area contributed by atoms with Gasteiger partial charge in [-0.1, -0.05) is 57.0 Å². The van der Waals surface area contributed by atoms with Crippen molar-refractivity contribution in [3.63, 3.8) is 0 Å². The molecule has 0 saturated heterocycles. The maximum atomic E-state index is 13.4. The minimum absolute atomic E-state index is 0.0391. The Labute approximate surface area is 170 Å². The molecule has 5 heteroatoms. The lowest BCUT2D eigenvalue weighted by atomic mass is 9.78. The van der Waals surface area contributed by atoms with Crippen LogP contribution in [0, 0.1) is 18.8 Å². The Morgan fingerprint density at radius 3 is 2.66 bits per heavy atom. The Bertz CT molecular complexity index is 1250. The molecule has 0 N–H and O–H groups in total. The van der Waals surface area contributed by atoms with Crippen LogP contribution in [0.4, 0.5) is 0 Å². The highest BCUT2D eigenvalue weighted by Gasteiger charge is 2.29. The Morgan fingerprint density at radius 2 is 1.86 bits per heavy atom. The molecule has 1 saturated carbocycles. The number of nitrogens with zero attached hydrogens (tertiary/aromatic N) is 4. The minimum Gasteiger partial charge on any atom is -0.311 e. The van der Waals surface area contributed by atoms with Crippen LogP contribution < -0.4 is 5.56 Å². The second kappa shape index (κ2) is 6.83. The van der Waals surface area contributed by atoms with Gasteiger partial charge in [-0.2, -0.15) is 5.10 Å². The van der Waals surface area contributed by atoms with E-state index in [0.29, 0.717) is 17.2 Å². The zero-order valence-corrected chi connectivity index (χ0v) is 17.2. The van der Waals surface area contributed by atoms with Gasteiger partial charge in [-0.05, 0) is 36.8 Å². The van der Waals surface area contributed by atoms with Gasteiger partial charge in [-0.25, -0.2) is 9.50 Å². The molecular formula is C24H26N4O. The molecule has 0 radical (unpaired) electrons. The molecule has 1 aromatic carbocycles. The number of hydrogen-bond acceptors (Lipinski definition) is 3. The highest BCUT2D eigenvalue weighted by molar-refractivity contribution is 5.86. The van der Waals surface area contributed by atoms with Gasteiger partial charge in [0.2, 0.25) is 0 Å². The lowest BCUT2D eigenvalue weighted by molar-refractivity contribution is 0.183. The first-order valence-corrected chi connectivity index (χ1v) is 10.5. The van der Waals surface area contributed by atoms with E-state index in [-0.39, 0.29) is 11.6 Å². The molecule has 3 heterocycles. The number of pyridine rings is 1. The Morgan fingerprint density at radius 1 is 1.07 bits per heavy atom. The maximum absolute atomic E-state index is 13.4. The lowest BCUT2D eigenvalue weighted by Crippen LogP contribution is -2.33. The van der Waals surface area contributed by atoms with E-state index in [4.69, 9.17) is 5.10 Å². The molecule has 1 aliphatic rings. The van der Waals surface area contributed by atoms with Crippen LogP contribution >= 0.6 is 0 Å². The van der Waals surface area contributed by atoms with Crippen LogP contribution in [-0.2, 0) is 0 Å². The van der Waals surface area contributed by atoms with Gasteiger partial charge in [0.15, 0.2) is 5.65 Å². The fourth-order valence-corrected chi connectivity index (χ4v) is 4.94. The van der Waals surface area contributed by atoms with Crippen molar-refractivity contribution in [2.24, 2.45) is 11.8 Å². The second-order valence-electron chi connectivity index (χ2n) is 8.48. The van der Waals surface area contributed by atoms with Gasteiger partial charge >= 0.3 is 0 Å². The molecule has 1 aliphatic carbocycles. The third-order valence-electron chi connectivity index (χ3n) is 6.80. The molecule has 0 spiro atoms. The van der Waals surface area contributed by atoms with Gasteiger partial charge in [0.1, 0.15) is 0 Å². The zero-order chi connectivity index (χ0) is 20.1. The summed E-state index contributed by atoms with van der Waals surface area (Å²) in [5, 5.41) is 5.37. The standard InChI is InChI=1S/C24H26N4O/c1-15-8-7-11-20(16(15)2)27-13-12-21-19(24(27)29)14-25-23-22(17(3)26-28(21)23)18-9-5-4-6-10-18/h4-6,9-10,12-16,20H,7-8,11H2,1-3H3/t15-,16+,20+/m1/s1. The van der Waals surface area contributed by atoms with Gasteiger partial charge in [0.05, 0.1) is 16.6 Å². The molecule has 1 fully saturated rings. The van der Waals surface area contributed by atoms with E-state index < -0.39 is 0 Å². The predicted octanol–water partition coefficient (Wildman–Crippen LogP) is 5.02. The summed E-state index contributed by atoms with van der Waals surface area (Å²) in [6.07, 6.45) is 7.18. The molecule has 148 valence electrons. The van der Waals surface area contributed by atoms with E-state index >= 15 is 0 Å². The Hall–Kier alpha value is -2.95. The van der Waals surface area contributed by atoms with Crippen LogP contribution in [-0.4, -0.2) is 19.2 Å². The van der Waals surface area contributed by atoms with Gasteiger partial charge in [-0.3, -0.25) is 4.79 Å². The summed E-state index contributed by atoms with van der Waals surface area (Å²) in [6, 6.07) is 12.5. The average molecular weight is 386 g/mol. The molecule has 0 amide bonds. The summed E-state index contributed by atoms with van der Waals surface area (Å²) in [5.41, 5.74) is 4.67. The summed E-state index contributed by atoms with van der Waals surface area (Å²) in [7, 11) is 0. The van der Waals surface area contributed by atoms with Crippen molar-refractivity contribution in [1.29, 1.82) is 0 Å². The average Bonchev–Trinajstić information content (AvgIpc) is 3.07. The van der Waals surface area contributed by atoms with E-state index in [2.05, 4.69) is 31.0 Å². The van der Waals surface area contributed by atoms with Crippen molar-refractivity contribution < 1.29 is 0 Å². The van der Waals surface area contributed by atoms with Crippen LogP contribution in [0.1, 0.15) is 44.8 Å². The normalized spacial score (nSPS) is 22.4. The van der Waals surface area contributed by atoms with E-state index in [1.165, 1.54) is 12.8 Å². The van der Waals surface area contributed by atoms with Crippen molar-refractivity contribution in [2.75, 3.05) is 0 Å². The number of benzene rings is 1. The Balaban J connectivity index is 1.70. The van der Waals surface area contributed by atoms with Gasteiger partial charge in [-0.15, -0.1) is 0 Å². The van der Waals surface area contributed by atoms with Crippen LogP contribution in [0.25, 0.3) is 27.7 Å². The quantitative estimate of drug-likeness (QED) is 0.486. The number of fused-ring (bicyclic) bond motifs is 3. The monoisotopic (exact) mass is 386 g/mol. The zero-order valence-electron chi connectivity index (χ0n) is 17.2. The largest absolute Gasteiger partial charge is 0.311 e. The topological polar surface area (TPSA) is 52.2 Å². The first-order valence-electron chi connectivity index (χ1n) is 10.5. The molecule has 0 unspecified atom stereocenters. The molecule has 3 aromatic heterocycles. The first-order chi connectivity index (χ1) is 14.1. The summed E-state index contributed by atoms with van der Waals surface area (Å²) in [4.78, 5) is 18.0. The van der Waals surface area contributed by atoms with Crippen molar-refractivity contribution in [3.8, 4) is 11.1 Å². The smallest absolute Gasteiger partial charge is 0.261 e. The van der Waals surface area contributed by atoms with E-state index in [1.54, 1.807) is 6.20 Å². The van der Waals surface area contributed by atoms with E-state index in [9.17, 15) is 4.79 Å². The molecule has 5 rings (SSSR count). The van der Waals surface area contributed by atoms with Crippen molar-refractivity contribution in [3.05, 3.63) is 64.8 Å². The van der Waals surface area contributed by atoms with Crippen LogP contribution in [0.15, 0.2) is 53.6 Å². The number of hydrogen-bond donors (Lipinski definition) is 0. The SMILES string of the molecule is Cc1nn2c(ncc3c(=O)n([C@H]4CCC[C@@H](C)[C@@H]4C)ccc32)c1-c1ccccc1. The van der Waals surface area contributed by atoms with Gasteiger partial charge in [0, 0.05) is 24.0 Å². The van der Waals surface area contributed by atoms with Crippen LogP contribution in [0.2, 0.25) is 0 Å². The van der Waals surface area contributed by atoms with E-state index in [1.807, 2.05) is 46.5 Å². The fraction of sp³-hybridized carbons (Fsp3) is 0.375. The molecule has 29 heavy (non-hydrogen) atoms. The predicted molar refractivity (Wildman–Crippen MR) is 116 cm³/mol. The highest BCUT2D eigenvalue weighted by atomic mass is 16.1. The van der Waals surface area contributed by atoms with Gasteiger partial charge in [0.25, 0.3) is 5.56 Å². The summed E-state index contributed by atoms with van der Waals surface area (Å²) >= 11 is 0. The fourth-order valence-electron chi connectivity index (χ4n) is 4.94. The third kappa shape index (κ3) is 2.79.